The highest BCUT2D eigenvalue weighted by Crippen LogP contribution is 2.13. The van der Waals surface area contributed by atoms with E-state index in [9.17, 15) is 14.4 Å². The van der Waals surface area contributed by atoms with Crippen molar-refractivity contribution in [3.63, 3.8) is 0 Å². The Balaban J connectivity index is 4.44. The molecule has 0 spiro atoms. The summed E-state index contributed by atoms with van der Waals surface area (Å²) in [6.07, 6.45) is 52.1. The van der Waals surface area contributed by atoms with E-state index < -0.39 is 6.10 Å². The molecule has 0 amide bonds. The van der Waals surface area contributed by atoms with Crippen molar-refractivity contribution in [2.75, 3.05) is 13.2 Å². The molecule has 0 heterocycles. The van der Waals surface area contributed by atoms with Crippen molar-refractivity contribution in [2.45, 2.75) is 219 Å². The molecule has 0 aromatic rings. The fourth-order valence-electron chi connectivity index (χ4n) is 6.09. The summed E-state index contributed by atoms with van der Waals surface area (Å²) in [5.41, 5.74) is 0. The van der Waals surface area contributed by atoms with Gasteiger partial charge in [0.25, 0.3) is 0 Å². The highest BCUT2D eigenvalue weighted by molar-refractivity contribution is 5.71. The summed E-state index contributed by atoms with van der Waals surface area (Å²) in [4.78, 5) is 37.6. The van der Waals surface area contributed by atoms with Crippen LogP contribution < -0.4 is 0 Å². The van der Waals surface area contributed by atoms with Gasteiger partial charge < -0.3 is 14.2 Å². The Labute approximate surface area is 339 Å². The molecule has 6 nitrogen and oxygen atoms in total. The molecule has 0 aliphatic heterocycles. The van der Waals surface area contributed by atoms with E-state index in [0.717, 1.165) is 83.5 Å². The number of carbonyl (C=O) groups excluding carboxylic acids is 3. The van der Waals surface area contributed by atoms with Gasteiger partial charge in [0.1, 0.15) is 13.2 Å². The Hall–Kier alpha value is -2.89. The molecule has 0 aliphatic rings. The van der Waals surface area contributed by atoms with E-state index in [4.69, 9.17) is 14.2 Å². The first-order chi connectivity index (χ1) is 27.0. The zero-order valence-corrected chi connectivity index (χ0v) is 35.9. The lowest BCUT2D eigenvalue weighted by molar-refractivity contribution is -0.167. The highest BCUT2D eigenvalue weighted by atomic mass is 16.6. The van der Waals surface area contributed by atoms with Crippen LogP contribution in [0.1, 0.15) is 213 Å². The van der Waals surface area contributed by atoms with E-state index in [1.165, 1.54) is 83.5 Å². The maximum atomic E-state index is 12.7. The van der Waals surface area contributed by atoms with Gasteiger partial charge in [0.15, 0.2) is 6.10 Å². The molecule has 0 N–H and O–H groups in total. The normalized spacial score (nSPS) is 12.6. The first-order valence-electron chi connectivity index (χ1n) is 22.8. The van der Waals surface area contributed by atoms with Crippen LogP contribution >= 0.6 is 0 Å². The first-order valence-corrected chi connectivity index (χ1v) is 22.8. The van der Waals surface area contributed by atoms with Crippen molar-refractivity contribution in [3.05, 3.63) is 60.8 Å². The van der Waals surface area contributed by atoms with E-state index >= 15 is 0 Å². The predicted octanol–water partition coefficient (Wildman–Crippen LogP) is 14.5. The molecule has 0 fully saturated rings. The van der Waals surface area contributed by atoms with Crippen LogP contribution in [0.3, 0.4) is 0 Å². The van der Waals surface area contributed by atoms with Crippen LogP contribution in [0.25, 0.3) is 0 Å². The monoisotopic (exact) mass is 769 g/mol. The van der Waals surface area contributed by atoms with E-state index in [0.29, 0.717) is 19.3 Å². The van der Waals surface area contributed by atoms with E-state index in [1.807, 2.05) is 0 Å². The van der Waals surface area contributed by atoms with Crippen molar-refractivity contribution >= 4 is 17.9 Å². The second-order valence-electron chi connectivity index (χ2n) is 15.0. The molecular formula is C49H84O6. The molecule has 0 bridgehead atoms. The molecule has 0 radical (unpaired) electrons. The van der Waals surface area contributed by atoms with E-state index in [1.54, 1.807) is 0 Å². The second-order valence-corrected chi connectivity index (χ2v) is 15.0. The number of hydrogen-bond acceptors (Lipinski definition) is 6. The molecule has 316 valence electrons. The topological polar surface area (TPSA) is 78.9 Å². The molecule has 1 unspecified atom stereocenters. The number of allylic oxidation sites excluding steroid dienone is 10. The molecule has 1 atom stereocenters. The maximum absolute atomic E-state index is 12.7. The molecule has 0 aromatic heterocycles. The molecule has 0 saturated heterocycles. The van der Waals surface area contributed by atoms with Crippen molar-refractivity contribution in [1.29, 1.82) is 0 Å². The Kier molecular flexibility index (Phi) is 41.5. The largest absolute Gasteiger partial charge is 0.462 e. The number of unbranched alkanes of at least 4 members (excludes halogenated alkanes) is 20. The Morgan fingerprint density at radius 3 is 1.27 bits per heavy atom. The van der Waals surface area contributed by atoms with Gasteiger partial charge in [-0.25, -0.2) is 0 Å². The summed E-state index contributed by atoms with van der Waals surface area (Å²) in [5, 5.41) is 0. The minimum Gasteiger partial charge on any atom is -0.462 e. The van der Waals surface area contributed by atoms with Crippen molar-refractivity contribution in [3.8, 4) is 0 Å². The van der Waals surface area contributed by atoms with Crippen LogP contribution in [-0.4, -0.2) is 37.2 Å². The average molecular weight is 769 g/mol. The van der Waals surface area contributed by atoms with Gasteiger partial charge in [-0.05, 0) is 77.0 Å². The lowest BCUT2D eigenvalue weighted by Gasteiger charge is -2.18. The Bertz CT molecular complexity index is 1020. The molecule has 6 heteroatoms. The van der Waals surface area contributed by atoms with Crippen LogP contribution in [0.5, 0.6) is 0 Å². The van der Waals surface area contributed by atoms with Gasteiger partial charge in [0.2, 0.25) is 0 Å². The summed E-state index contributed by atoms with van der Waals surface area (Å²) in [5.74, 6) is -0.971. The van der Waals surface area contributed by atoms with Crippen molar-refractivity contribution < 1.29 is 28.6 Å². The van der Waals surface area contributed by atoms with E-state index in [2.05, 4.69) is 81.5 Å². The van der Waals surface area contributed by atoms with E-state index in [-0.39, 0.29) is 37.5 Å². The number of hydrogen-bond donors (Lipinski definition) is 0. The van der Waals surface area contributed by atoms with Crippen LogP contribution in [0.4, 0.5) is 0 Å². The summed E-state index contributed by atoms with van der Waals surface area (Å²) in [6, 6.07) is 0. The van der Waals surface area contributed by atoms with Gasteiger partial charge >= 0.3 is 17.9 Å². The standard InChI is InChI=1S/C49H84O6/c1-4-7-10-13-16-19-21-23-24-25-26-28-30-33-36-39-42-48(51)54-45-46(44-53-47(50)41-38-35-32-29-18-15-12-9-6-3)55-49(52)43-40-37-34-31-27-22-20-17-14-11-8-5-2/h8,11,17,20,24-28,31,46H,4-7,9-10,12-16,18-19,21-23,29-30,32-45H2,1-3H3/b11-8-,20-17-,25-24-,28-26-,31-27-. The Morgan fingerprint density at radius 1 is 0.400 bits per heavy atom. The minimum absolute atomic E-state index is 0.0976. The molecule has 0 aliphatic carbocycles. The highest BCUT2D eigenvalue weighted by Gasteiger charge is 2.19. The van der Waals surface area contributed by atoms with Crippen molar-refractivity contribution in [1.82, 2.24) is 0 Å². The van der Waals surface area contributed by atoms with Crippen LogP contribution in [-0.2, 0) is 28.6 Å². The molecule has 0 rings (SSSR count). The molecule has 55 heavy (non-hydrogen) atoms. The lowest BCUT2D eigenvalue weighted by atomic mass is 10.1. The third-order valence-corrected chi connectivity index (χ3v) is 9.53. The SMILES string of the molecule is CC/C=C\C/C=C\C/C=C\CCCCC(=O)OC(COC(=O)CCCCC/C=C\C=C/CCCCCCCCC)COC(=O)CCCCCCCCCCC. The van der Waals surface area contributed by atoms with Gasteiger partial charge in [0, 0.05) is 19.3 Å². The lowest BCUT2D eigenvalue weighted by Crippen LogP contribution is -2.30. The first kappa shape index (κ1) is 52.1. The molecule has 0 saturated carbocycles. The average Bonchev–Trinajstić information content (AvgIpc) is 3.18. The van der Waals surface area contributed by atoms with Crippen LogP contribution in [0.15, 0.2) is 60.8 Å². The third-order valence-electron chi connectivity index (χ3n) is 9.53. The molecule has 0 aromatic carbocycles. The number of carbonyl (C=O) groups is 3. The third kappa shape index (κ3) is 42.1. The maximum Gasteiger partial charge on any atom is 0.306 e. The predicted molar refractivity (Wildman–Crippen MR) is 233 cm³/mol. The van der Waals surface area contributed by atoms with Crippen molar-refractivity contribution in [2.24, 2.45) is 0 Å². The Morgan fingerprint density at radius 2 is 0.764 bits per heavy atom. The fourth-order valence-corrected chi connectivity index (χ4v) is 6.09. The van der Waals surface area contributed by atoms with Gasteiger partial charge in [-0.15, -0.1) is 0 Å². The number of esters is 3. The van der Waals surface area contributed by atoms with Crippen LogP contribution in [0, 0.1) is 0 Å². The van der Waals surface area contributed by atoms with Gasteiger partial charge in [-0.2, -0.15) is 0 Å². The minimum atomic E-state index is -0.800. The summed E-state index contributed by atoms with van der Waals surface area (Å²) in [6.45, 7) is 6.42. The number of ether oxygens (including phenoxy) is 3. The molecular weight excluding hydrogens is 685 g/mol. The smallest absolute Gasteiger partial charge is 0.306 e. The van der Waals surface area contributed by atoms with Crippen LogP contribution in [0.2, 0.25) is 0 Å². The summed E-state index contributed by atoms with van der Waals surface area (Å²) >= 11 is 0. The number of rotatable bonds is 40. The zero-order valence-electron chi connectivity index (χ0n) is 35.9. The second kappa shape index (κ2) is 43.8. The van der Waals surface area contributed by atoms with Gasteiger partial charge in [-0.1, -0.05) is 178 Å². The summed E-state index contributed by atoms with van der Waals surface area (Å²) in [7, 11) is 0. The fraction of sp³-hybridized carbons (Fsp3) is 0.735. The quantitative estimate of drug-likeness (QED) is 0.0203. The summed E-state index contributed by atoms with van der Waals surface area (Å²) < 4.78 is 16.6. The zero-order chi connectivity index (χ0) is 40.1. The van der Waals surface area contributed by atoms with Gasteiger partial charge in [-0.3, -0.25) is 14.4 Å². The van der Waals surface area contributed by atoms with Gasteiger partial charge in [0.05, 0.1) is 0 Å².